The van der Waals surface area contributed by atoms with Crippen molar-refractivity contribution in [2.75, 3.05) is 6.54 Å². The molecule has 1 aliphatic rings. The minimum absolute atomic E-state index is 0.0999. The lowest BCUT2D eigenvalue weighted by Crippen LogP contribution is -2.42. The number of aryl methyl sites for hydroxylation is 1. The first-order valence-electron chi connectivity index (χ1n) is 9.19. The van der Waals surface area contributed by atoms with Gasteiger partial charge in [0, 0.05) is 12.6 Å². The van der Waals surface area contributed by atoms with Gasteiger partial charge in [-0.2, -0.15) is 4.31 Å². The quantitative estimate of drug-likeness (QED) is 0.485. The highest BCUT2D eigenvalue weighted by atomic mass is 32.2. The van der Waals surface area contributed by atoms with Crippen LogP contribution in [-0.4, -0.2) is 25.3 Å². The lowest BCUT2D eigenvalue weighted by atomic mass is 9.98. The highest BCUT2D eigenvalue weighted by molar-refractivity contribution is 7.89. The zero-order valence-corrected chi connectivity index (χ0v) is 16.1. The minimum atomic E-state index is -3.41. The molecule has 1 heterocycles. The normalized spacial score (nSPS) is 19.3. The van der Waals surface area contributed by atoms with Crippen molar-refractivity contribution in [3.05, 3.63) is 41.5 Å². The summed E-state index contributed by atoms with van der Waals surface area (Å²) in [5.74, 6) is 0. The predicted molar refractivity (Wildman–Crippen MR) is 101 cm³/mol. The molecule has 0 N–H and O–H groups in total. The van der Waals surface area contributed by atoms with Crippen LogP contribution in [0.5, 0.6) is 0 Å². The van der Waals surface area contributed by atoms with Gasteiger partial charge in [-0.15, -0.1) is 0 Å². The van der Waals surface area contributed by atoms with E-state index in [2.05, 4.69) is 19.9 Å². The maximum Gasteiger partial charge on any atom is 0.243 e. The maximum atomic E-state index is 13.0. The van der Waals surface area contributed by atoms with Gasteiger partial charge in [0.15, 0.2) is 0 Å². The molecule has 134 valence electrons. The molecule has 0 fully saturated rings. The molecule has 0 bridgehead atoms. The third kappa shape index (κ3) is 4.93. The Labute approximate surface area is 147 Å². The van der Waals surface area contributed by atoms with Crippen LogP contribution in [0.1, 0.15) is 64.4 Å². The van der Waals surface area contributed by atoms with E-state index in [9.17, 15) is 8.42 Å². The summed E-state index contributed by atoms with van der Waals surface area (Å²) < 4.78 is 27.8. The Morgan fingerprint density at radius 2 is 1.71 bits per heavy atom. The first kappa shape index (κ1) is 19.2. The monoisotopic (exact) mass is 349 g/mol. The molecule has 2 rings (SSSR count). The first-order chi connectivity index (χ1) is 11.4. The number of hydrogen-bond donors (Lipinski definition) is 0. The zero-order valence-electron chi connectivity index (χ0n) is 15.3. The van der Waals surface area contributed by atoms with Gasteiger partial charge in [0.1, 0.15) is 0 Å². The Bertz CT molecular complexity index is 647. The fourth-order valence-corrected chi connectivity index (χ4v) is 4.92. The Balaban J connectivity index is 2.10. The molecule has 0 spiro atoms. The molecule has 1 aliphatic heterocycles. The highest BCUT2D eigenvalue weighted by Gasteiger charge is 2.32. The minimum Gasteiger partial charge on any atom is -0.207 e. The van der Waals surface area contributed by atoms with Crippen molar-refractivity contribution in [2.24, 2.45) is 0 Å². The van der Waals surface area contributed by atoms with Crippen molar-refractivity contribution >= 4 is 10.0 Å². The second-order valence-electron chi connectivity index (χ2n) is 7.00. The van der Waals surface area contributed by atoms with Crippen LogP contribution in [0.15, 0.2) is 40.8 Å². The van der Waals surface area contributed by atoms with E-state index in [-0.39, 0.29) is 6.04 Å². The second-order valence-corrected chi connectivity index (χ2v) is 8.89. The van der Waals surface area contributed by atoms with E-state index >= 15 is 0 Å². The lowest BCUT2D eigenvalue weighted by molar-refractivity contribution is 0.302. The molecule has 1 aromatic rings. The summed E-state index contributed by atoms with van der Waals surface area (Å²) in [5.41, 5.74) is 2.39. The summed E-state index contributed by atoms with van der Waals surface area (Å²) >= 11 is 0. The number of sulfonamides is 1. The molecule has 1 aromatic carbocycles. The third-order valence-corrected chi connectivity index (χ3v) is 6.79. The highest BCUT2D eigenvalue weighted by Crippen LogP contribution is 2.28. The van der Waals surface area contributed by atoms with Gasteiger partial charge >= 0.3 is 0 Å². The molecule has 4 heteroatoms. The molecule has 0 saturated heterocycles. The lowest BCUT2D eigenvalue weighted by Gasteiger charge is -2.34. The van der Waals surface area contributed by atoms with Gasteiger partial charge in [-0.1, -0.05) is 68.4 Å². The zero-order chi connectivity index (χ0) is 17.6. The summed E-state index contributed by atoms with van der Waals surface area (Å²) in [6, 6.07) is 7.31. The van der Waals surface area contributed by atoms with E-state index in [1.807, 2.05) is 19.1 Å². The van der Waals surface area contributed by atoms with E-state index in [4.69, 9.17) is 0 Å². The van der Waals surface area contributed by atoms with Crippen LogP contribution < -0.4 is 0 Å². The van der Waals surface area contributed by atoms with Gasteiger partial charge < -0.3 is 0 Å². The SMILES string of the molecule is CCCCCCCC1CC(C)=CCN1S(=O)(=O)c1ccc(C)cc1. The number of unbranched alkanes of at least 4 members (excludes halogenated alkanes) is 4. The molecule has 0 aromatic heterocycles. The summed E-state index contributed by atoms with van der Waals surface area (Å²) in [7, 11) is -3.41. The number of hydrogen-bond acceptors (Lipinski definition) is 2. The molecular formula is C20H31NO2S. The van der Waals surface area contributed by atoms with E-state index in [0.717, 1.165) is 24.8 Å². The van der Waals surface area contributed by atoms with Gasteiger partial charge in [0.2, 0.25) is 10.0 Å². The first-order valence-corrected chi connectivity index (χ1v) is 10.6. The number of nitrogens with zero attached hydrogens (tertiary/aromatic N) is 1. The molecule has 3 nitrogen and oxygen atoms in total. The molecule has 1 unspecified atom stereocenters. The Hall–Kier alpha value is -1.13. The van der Waals surface area contributed by atoms with Crippen molar-refractivity contribution in [3.8, 4) is 0 Å². The molecule has 1 atom stereocenters. The van der Waals surface area contributed by atoms with E-state index in [1.165, 1.54) is 31.3 Å². The summed E-state index contributed by atoms with van der Waals surface area (Å²) in [6.07, 6.45) is 9.94. The van der Waals surface area contributed by atoms with Gasteiger partial charge in [0.05, 0.1) is 4.90 Å². The standard InChI is InChI=1S/C20H31NO2S/c1-4-5-6-7-8-9-19-16-18(3)14-15-21(19)24(22,23)20-12-10-17(2)11-13-20/h10-14,19H,4-9,15-16H2,1-3H3. The summed E-state index contributed by atoms with van der Waals surface area (Å²) in [6.45, 7) is 6.80. The van der Waals surface area contributed by atoms with Gasteiger partial charge in [-0.05, 0) is 38.8 Å². The van der Waals surface area contributed by atoms with E-state index < -0.39 is 10.0 Å². The van der Waals surface area contributed by atoms with Crippen LogP contribution >= 0.6 is 0 Å². The van der Waals surface area contributed by atoms with Crippen LogP contribution in [-0.2, 0) is 10.0 Å². The van der Waals surface area contributed by atoms with Crippen molar-refractivity contribution in [2.45, 2.75) is 76.7 Å². The van der Waals surface area contributed by atoms with Gasteiger partial charge in [-0.25, -0.2) is 8.42 Å². The van der Waals surface area contributed by atoms with E-state index in [1.54, 1.807) is 16.4 Å². The molecule has 0 amide bonds. The Morgan fingerprint density at radius 3 is 2.38 bits per heavy atom. The number of benzene rings is 1. The van der Waals surface area contributed by atoms with Crippen LogP contribution in [0.2, 0.25) is 0 Å². The molecule has 0 aliphatic carbocycles. The van der Waals surface area contributed by atoms with Crippen LogP contribution in [0, 0.1) is 6.92 Å². The molecule has 24 heavy (non-hydrogen) atoms. The van der Waals surface area contributed by atoms with Crippen LogP contribution in [0.25, 0.3) is 0 Å². The molecular weight excluding hydrogens is 318 g/mol. The van der Waals surface area contributed by atoms with Crippen molar-refractivity contribution < 1.29 is 8.42 Å². The van der Waals surface area contributed by atoms with Crippen molar-refractivity contribution in [3.63, 3.8) is 0 Å². The topological polar surface area (TPSA) is 37.4 Å². The smallest absolute Gasteiger partial charge is 0.207 e. The van der Waals surface area contributed by atoms with Crippen LogP contribution in [0.4, 0.5) is 0 Å². The van der Waals surface area contributed by atoms with Crippen molar-refractivity contribution in [1.29, 1.82) is 0 Å². The Morgan fingerprint density at radius 1 is 1.04 bits per heavy atom. The number of rotatable bonds is 8. The van der Waals surface area contributed by atoms with E-state index in [0.29, 0.717) is 11.4 Å². The Kier molecular flexibility index (Phi) is 7.05. The maximum absolute atomic E-state index is 13.0. The second kappa shape index (κ2) is 8.82. The molecule has 0 saturated carbocycles. The van der Waals surface area contributed by atoms with Gasteiger partial charge in [-0.3, -0.25) is 0 Å². The predicted octanol–water partition coefficient (Wildman–Crippen LogP) is 5.06. The fourth-order valence-electron chi connectivity index (χ4n) is 3.32. The summed E-state index contributed by atoms with van der Waals surface area (Å²) in [4.78, 5) is 0.414. The van der Waals surface area contributed by atoms with Gasteiger partial charge in [0.25, 0.3) is 0 Å². The average Bonchev–Trinajstić information content (AvgIpc) is 2.55. The third-order valence-electron chi connectivity index (χ3n) is 4.85. The fraction of sp³-hybridized carbons (Fsp3) is 0.600. The summed E-state index contributed by atoms with van der Waals surface area (Å²) in [5, 5.41) is 0. The van der Waals surface area contributed by atoms with Crippen molar-refractivity contribution in [1.82, 2.24) is 4.31 Å². The average molecular weight is 350 g/mol. The largest absolute Gasteiger partial charge is 0.243 e. The van der Waals surface area contributed by atoms with Crippen LogP contribution in [0.3, 0.4) is 0 Å². The molecule has 0 radical (unpaired) electrons.